The van der Waals surface area contributed by atoms with Gasteiger partial charge in [-0.25, -0.2) is 4.98 Å². The van der Waals surface area contributed by atoms with Crippen LogP contribution >= 0.6 is 11.3 Å². The number of rotatable bonds is 6. The fraction of sp³-hybridized carbons (Fsp3) is 0.263. The molecule has 25 heavy (non-hydrogen) atoms. The van der Waals surface area contributed by atoms with Crippen molar-refractivity contribution in [3.05, 3.63) is 53.5 Å². The Morgan fingerprint density at radius 2 is 2.08 bits per heavy atom. The van der Waals surface area contributed by atoms with Crippen molar-refractivity contribution in [1.29, 1.82) is 0 Å². The summed E-state index contributed by atoms with van der Waals surface area (Å²) >= 11 is 1.66. The minimum absolute atomic E-state index is 0.0585. The average molecular weight is 355 g/mol. The van der Waals surface area contributed by atoms with Gasteiger partial charge < -0.3 is 10.1 Å². The van der Waals surface area contributed by atoms with Gasteiger partial charge in [0.2, 0.25) is 5.91 Å². The number of benzene rings is 2. The van der Waals surface area contributed by atoms with Crippen LogP contribution in [0.2, 0.25) is 0 Å². The summed E-state index contributed by atoms with van der Waals surface area (Å²) in [6.07, 6.45) is 0. The second-order valence-electron chi connectivity index (χ2n) is 5.89. The second-order valence-corrected chi connectivity index (χ2v) is 7.00. The number of nitrogens with zero attached hydrogens (tertiary/aromatic N) is 2. The molecule has 0 radical (unpaired) electrons. The van der Waals surface area contributed by atoms with Crippen LogP contribution in [-0.4, -0.2) is 36.0 Å². The number of nitrogens with one attached hydrogen (secondary N) is 1. The Kier molecular flexibility index (Phi) is 5.31. The van der Waals surface area contributed by atoms with Gasteiger partial charge in [0.15, 0.2) is 0 Å². The van der Waals surface area contributed by atoms with Gasteiger partial charge in [0.05, 0.1) is 29.9 Å². The fourth-order valence-electron chi connectivity index (χ4n) is 2.49. The van der Waals surface area contributed by atoms with Gasteiger partial charge in [0.25, 0.3) is 0 Å². The van der Waals surface area contributed by atoms with E-state index in [1.54, 1.807) is 24.5 Å². The number of fused-ring (bicyclic) bond motifs is 1. The molecule has 0 fully saturated rings. The van der Waals surface area contributed by atoms with Gasteiger partial charge in [-0.05, 0) is 38.2 Å². The van der Waals surface area contributed by atoms with Crippen LogP contribution in [0.1, 0.15) is 11.9 Å². The van der Waals surface area contributed by atoms with Gasteiger partial charge in [-0.3, -0.25) is 9.69 Å². The first kappa shape index (κ1) is 17.4. The Balaban J connectivity index is 1.64. The van der Waals surface area contributed by atoms with E-state index in [0.29, 0.717) is 12.3 Å². The Morgan fingerprint density at radius 3 is 2.84 bits per heavy atom. The van der Waals surface area contributed by atoms with Crippen LogP contribution in [0.15, 0.2) is 48.5 Å². The number of carbonyl (C=O) groups excluding carboxylic acids is 1. The zero-order chi connectivity index (χ0) is 17.8. The lowest BCUT2D eigenvalue weighted by Gasteiger charge is -2.22. The summed E-state index contributed by atoms with van der Waals surface area (Å²) in [5.41, 5.74) is 1.73. The minimum Gasteiger partial charge on any atom is -0.497 e. The normalized spacial score (nSPS) is 12.3. The lowest BCUT2D eigenvalue weighted by molar-refractivity contribution is -0.120. The van der Waals surface area contributed by atoms with E-state index in [9.17, 15) is 4.79 Å². The molecule has 1 N–H and O–H groups in total. The third-order valence-electron chi connectivity index (χ3n) is 4.10. The van der Waals surface area contributed by atoms with Crippen molar-refractivity contribution in [3.8, 4) is 5.75 Å². The molecular formula is C19H21N3O2S. The Morgan fingerprint density at radius 1 is 1.28 bits per heavy atom. The van der Waals surface area contributed by atoms with E-state index in [1.807, 2.05) is 55.3 Å². The number of hydrogen-bond donors (Lipinski definition) is 1. The molecule has 6 heteroatoms. The Hall–Kier alpha value is -2.44. The van der Waals surface area contributed by atoms with Gasteiger partial charge in [0.1, 0.15) is 10.8 Å². The highest BCUT2D eigenvalue weighted by Gasteiger charge is 2.19. The predicted molar refractivity (Wildman–Crippen MR) is 102 cm³/mol. The molecule has 0 bridgehead atoms. The second kappa shape index (κ2) is 7.63. The van der Waals surface area contributed by atoms with Crippen molar-refractivity contribution in [3.63, 3.8) is 0 Å². The topological polar surface area (TPSA) is 54.5 Å². The predicted octanol–water partition coefficient (Wildman–Crippen LogP) is 3.76. The molecule has 3 aromatic rings. The molecule has 0 saturated heterocycles. The molecular weight excluding hydrogens is 334 g/mol. The maximum atomic E-state index is 12.5. The van der Waals surface area contributed by atoms with Gasteiger partial charge in [0, 0.05) is 11.8 Å². The van der Waals surface area contributed by atoms with Crippen LogP contribution in [0.4, 0.5) is 5.69 Å². The van der Waals surface area contributed by atoms with Gasteiger partial charge in [-0.2, -0.15) is 0 Å². The SMILES string of the molecule is COc1cccc(NC(=O)[C@@H](C)N(C)Cc2nc3ccccc3s2)c1. The lowest BCUT2D eigenvalue weighted by atomic mass is 10.2. The highest BCUT2D eigenvalue weighted by atomic mass is 32.1. The van der Waals surface area contributed by atoms with Crippen molar-refractivity contribution >= 4 is 33.1 Å². The van der Waals surface area contributed by atoms with Crippen LogP contribution in [0.25, 0.3) is 10.2 Å². The molecule has 1 amide bonds. The van der Waals surface area contributed by atoms with Crippen molar-refractivity contribution in [2.24, 2.45) is 0 Å². The summed E-state index contributed by atoms with van der Waals surface area (Å²) in [5.74, 6) is 0.658. The first-order chi connectivity index (χ1) is 12.1. The maximum absolute atomic E-state index is 12.5. The largest absolute Gasteiger partial charge is 0.497 e. The zero-order valence-corrected chi connectivity index (χ0v) is 15.3. The molecule has 0 spiro atoms. The average Bonchev–Trinajstić information content (AvgIpc) is 3.03. The highest BCUT2D eigenvalue weighted by molar-refractivity contribution is 7.18. The molecule has 0 aliphatic rings. The van der Waals surface area contributed by atoms with E-state index < -0.39 is 0 Å². The number of para-hydroxylation sites is 1. The Bertz CT molecular complexity index is 845. The number of likely N-dealkylation sites (N-methyl/N-ethyl adjacent to an activating group) is 1. The molecule has 130 valence electrons. The first-order valence-electron chi connectivity index (χ1n) is 8.06. The molecule has 0 aliphatic heterocycles. The number of hydrogen-bond acceptors (Lipinski definition) is 5. The van der Waals surface area contributed by atoms with Crippen molar-refractivity contribution in [2.75, 3.05) is 19.5 Å². The monoisotopic (exact) mass is 355 g/mol. The van der Waals surface area contributed by atoms with Crippen molar-refractivity contribution in [2.45, 2.75) is 19.5 Å². The van der Waals surface area contributed by atoms with E-state index >= 15 is 0 Å². The molecule has 1 atom stereocenters. The van der Waals surface area contributed by atoms with Gasteiger partial charge in [-0.15, -0.1) is 11.3 Å². The minimum atomic E-state index is -0.279. The van der Waals surface area contributed by atoms with Crippen LogP contribution in [-0.2, 0) is 11.3 Å². The molecule has 1 heterocycles. The van der Waals surface area contributed by atoms with Gasteiger partial charge >= 0.3 is 0 Å². The van der Waals surface area contributed by atoms with Crippen LogP contribution in [0.3, 0.4) is 0 Å². The van der Waals surface area contributed by atoms with Crippen LogP contribution < -0.4 is 10.1 Å². The third kappa shape index (κ3) is 4.15. The summed E-state index contributed by atoms with van der Waals surface area (Å²) in [6, 6.07) is 15.1. The molecule has 0 saturated carbocycles. The first-order valence-corrected chi connectivity index (χ1v) is 8.88. The standard InChI is InChI=1S/C19H21N3O2S/c1-13(19(23)20-14-7-6-8-15(11-14)24-3)22(2)12-18-21-16-9-4-5-10-17(16)25-18/h4-11,13H,12H2,1-3H3,(H,20,23)/t13-/m1/s1. The Labute approximate surface area is 151 Å². The maximum Gasteiger partial charge on any atom is 0.241 e. The van der Waals surface area contributed by atoms with E-state index in [0.717, 1.165) is 16.2 Å². The van der Waals surface area contributed by atoms with Crippen LogP contribution in [0, 0.1) is 0 Å². The number of anilines is 1. The summed E-state index contributed by atoms with van der Waals surface area (Å²) in [5, 5.41) is 3.94. The molecule has 0 aliphatic carbocycles. The van der Waals surface area contributed by atoms with Crippen molar-refractivity contribution in [1.82, 2.24) is 9.88 Å². The fourth-order valence-corrected chi connectivity index (χ4v) is 3.52. The molecule has 5 nitrogen and oxygen atoms in total. The van der Waals surface area contributed by atoms with Crippen molar-refractivity contribution < 1.29 is 9.53 Å². The summed E-state index contributed by atoms with van der Waals surface area (Å²) in [6.45, 7) is 2.52. The number of thiazole rings is 1. The third-order valence-corrected chi connectivity index (χ3v) is 5.12. The molecule has 1 aromatic heterocycles. The highest BCUT2D eigenvalue weighted by Crippen LogP contribution is 2.23. The lowest BCUT2D eigenvalue weighted by Crippen LogP contribution is -2.39. The number of amides is 1. The van der Waals surface area contributed by atoms with E-state index in [1.165, 1.54) is 4.70 Å². The number of aromatic nitrogens is 1. The van der Waals surface area contributed by atoms with Gasteiger partial charge in [-0.1, -0.05) is 18.2 Å². The summed E-state index contributed by atoms with van der Waals surface area (Å²) in [4.78, 5) is 19.1. The summed E-state index contributed by atoms with van der Waals surface area (Å²) in [7, 11) is 3.54. The number of methoxy groups -OCH3 is 1. The smallest absolute Gasteiger partial charge is 0.241 e. The van der Waals surface area contributed by atoms with E-state index in [4.69, 9.17) is 4.74 Å². The summed E-state index contributed by atoms with van der Waals surface area (Å²) < 4.78 is 6.35. The number of ether oxygens (including phenoxy) is 1. The van der Waals surface area contributed by atoms with E-state index in [-0.39, 0.29) is 11.9 Å². The quantitative estimate of drug-likeness (QED) is 0.731. The molecule has 2 aromatic carbocycles. The molecule has 0 unspecified atom stereocenters. The zero-order valence-electron chi connectivity index (χ0n) is 14.5. The van der Waals surface area contributed by atoms with E-state index in [2.05, 4.69) is 16.4 Å². The van der Waals surface area contributed by atoms with Crippen LogP contribution in [0.5, 0.6) is 5.75 Å². The molecule has 3 rings (SSSR count). The number of carbonyl (C=O) groups is 1.